The molecule has 1 atom stereocenters. The van der Waals surface area contributed by atoms with E-state index >= 15 is 0 Å². The quantitative estimate of drug-likeness (QED) is 0.635. The number of rotatable bonds is 2. The highest BCUT2D eigenvalue weighted by atomic mass is 32.1. The lowest BCUT2D eigenvalue weighted by Gasteiger charge is -2.32. The number of nitro groups is 1. The second-order valence-corrected chi connectivity index (χ2v) is 6.80. The normalized spacial score (nSPS) is 23.4. The summed E-state index contributed by atoms with van der Waals surface area (Å²) in [7, 11) is 0. The summed E-state index contributed by atoms with van der Waals surface area (Å²) in [5.41, 5.74) is 2.83. The molecule has 1 aliphatic carbocycles. The molecule has 2 aliphatic heterocycles. The fourth-order valence-electron chi connectivity index (χ4n) is 3.45. The van der Waals surface area contributed by atoms with Crippen LogP contribution in [0.2, 0.25) is 0 Å². The average molecular weight is 331 g/mol. The summed E-state index contributed by atoms with van der Waals surface area (Å²) in [5, 5.41) is 17.0. The van der Waals surface area contributed by atoms with Gasteiger partial charge in [0, 0.05) is 52.9 Å². The first kappa shape index (κ1) is 14.1. The Labute approximate surface area is 135 Å². The fraction of sp³-hybridized carbons (Fsp3) is 0.333. The number of ketones is 1. The highest BCUT2D eigenvalue weighted by Gasteiger charge is 2.42. The Hall–Kier alpha value is -2.48. The van der Waals surface area contributed by atoms with Crippen LogP contribution in [0.5, 0.6) is 0 Å². The Morgan fingerprint density at radius 2 is 1.91 bits per heavy atom. The lowest BCUT2D eigenvalue weighted by molar-refractivity contribution is -0.380. The lowest BCUT2D eigenvalue weighted by atomic mass is 9.82. The molecule has 23 heavy (non-hydrogen) atoms. The predicted molar refractivity (Wildman–Crippen MR) is 82.8 cm³/mol. The lowest BCUT2D eigenvalue weighted by Crippen LogP contribution is -2.40. The number of allylic oxidation sites excluding steroid dienone is 2. The van der Waals surface area contributed by atoms with Gasteiger partial charge in [0.25, 0.3) is 0 Å². The topological polar surface area (TPSA) is 101 Å². The minimum atomic E-state index is -0.491. The highest BCUT2D eigenvalue weighted by molar-refractivity contribution is 7.15. The van der Waals surface area contributed by atoms with Crippen LogP contribution in [0.15, 0.2) is 34.7 Å². The molecular weight excluding hydrogens is 318 g/mol. The molecule has 2 N–H and O–H groups in total. The van der Waals surface area contributed by atoms with E-state index in [4.69, 9.17) is 0 Å². The smallest absolute Gasteiger partial charge is 0.324 e. The van der Waals surface area contributed by atoms with Crippen LogP contribution >= 0.6 is 11.3 Å². The van der Waals surface area contributed by atoms with E-state index in [1.54, 1.807) is 6.07 Å². The molecule has 0 aromatic carbocycles. The number of thiophene rings is 1. The number of carbonyl (C=O) groups excluding carboxylic acids is 2. The van der Waals surface area contributed by atoms with E-state index < -0.39 is 10.8 Å². The third-order valence-electron chi connectivity index (χ3n) is 4.41. The molecule has 1 aromatic heterocycles. The molecule has 1 aromatic rings. The SMILES string of the molecule is O=C1CCC2=C1C(c1ccc([N+](=O)[O-])s1)C1=C(CCNC1=O)N2. The van der Waals surface area contributed by atoms with E-state index in [2.05, 4.69) is 10.6 Å². The number of amides is 1. The number of hydrogen-bond donors (Lipinski definition) is 2. The molecule has 0 saturated heterocycles. The number of dihydropyridines is 1. The summed E-state index contributed by atoms with van der Waals surface area (Å²) < 4.78 is 0. The zero-order chi connectivity index (χ0) is 16.1. The van der Waals surface area contributed by atoms with E-state index in [0.29, 0.717) is 41.8 Å². The Balaban J connectivity index is 1.88. The van der Waals surface area contributed by atoms with Crippen LogP contribution in [0.1, 0.15) is 30.1 Å². The molecule has 1 amide bonds. The summed E-state index contributed by atoms with van der Waals surface area (Å²) in [6, 6.07) is 3.09. The van der Waals surface area contributed by atoms with Crippen LogP contribution in [0.4, 0.5) is 5.00 Å². The zero-order valence-corrected chi connectivity index (χ0v) is 12.9. The van der Waals surface area contributed by atoms with Crippen molar-refractivity contribution in [3.8, 4) is 0 Å². The van der Waals surface area contributed by atoms with Gasteiger partial charge in [-0.1, -0.05) is 11.3 Å². The summed E-state index contributed by atoms with van der Waals surface area (Å²) in [4.78, 5) is 35.9. The Morgan fingerprint density at radius 1 is 1.13 bits per heavy atom. The first-order valence-corrected chi connectivity index (χ1v) is 8.16. The van der Waals surface area contributed by atoms with Crippen molar-refractivity contribution in [1.82, 2.24) is 10.6 Å². The highest BCUT2D eigenvalue weighted by Crippen LogP contribution is 2.46. The number of nitrogens with zero attached hydrogens (tertiary/aromatic N) is 1. The Bertz CT molecular complexity index is 820. The molecule has 0 radical (unpaired) electrons. The fourth-order valence-corrected chi connectivity index (χ4v) is 4.39. The van der Waals surface area contributed by atoms with Crippen LogP contribution in [0.25, 0.3) is 0 Å². The molecule has 7 nitrogen and oxygen atoms in total. The zero-order valence-electron chi connectivity index (χ0n) is 12.0. The number of nitrogens with one attached hydrogen (secondary N) is 2. The van der Waals surface area contributed by atoms with Crippen molar-refractivity contribution in [2.24, 2.45) is 0 Å². The molecule has 118 valence electrons. The van der Waals surface area contributed by atoms with Gasteiger partial charge in [-0.2, -0.15) is 0 Å². The third kappa shape index (κ3) is 2.09. The van der Waals surface area contributed by atoms with Gasteiger partial charge in [-0.15, -0.1) is 0 Å². The van der Waals surface area contributed by atoms with Crippen molar-refractivity contribution in [3.63, 3.8) is 0 Å². The maximum absolute atomic E-state index is 12.4. The summed E-state index contributed by atoms with van der Waals surface area (Å²) in [6.45, 7) is 0.554. The van der Waals surface area contributed by atoms with Crippen molar-refractivity contribution < 1.29 is 14.5 Å². The summed E-state index contributed by atoms with van der Waals surface area (Å²) in [6.07, 6.45) is 1.73. The standard InChI is InChI=1S/C15H13N3O4S/c19-9-2-1-7-12(9)14(10-3-4-11(23-10)18(21)22)13-8(17-7)5-6-16-15(13)20/h3-4,14,17H,1-2,5-6H2,(H,16,20). The maximum atomic E-state index is 12.4. The number of Topliss-reactive ketones (excluding diaryl/α,β-unsaturated/α-hetero) is 1. The molecule has 0 saturated carbocycles. The summed E-state index contributed by atoms with van der Waals surface area (Å²) >= 11 is 1.03. The van der Waals surface area contributed by atoms with Gasteiger partial charge >= 0.3 is 5.00 Å². The maximum Gasteiger partial charge on any atom is 0.324 e. The predicted octanol–water partition coefficient (Wildman–Crippen LogP) is 1.73. The van der Waals surface area contributed by atoms with E-state index in [9.17, 15) is 19.7 Å². The first-order valence-electron chi connectivity index (χ1n) is 7.35. The molecule has 4 rings (SSSR count). The molecular formula is C15H13N3O4S. The van der Waals surface area contributed by atoms with Gasteiger partial charge in [0.15, 0.2) is 5.78 Å². The molecule has 1 unspecified atom stereocenters. The van der Waals surface area contributed by atoms with Gasteiger partial charge in [0.05, 0.1) is 10.8 Å². The van der Waals surface area contributed by atoms with Crippen molar-refractivity contribution in [3.05, 3.63) is 49.7 Å². The van der Waals surface area contributed by atoms with Crippen LogP contribution in [0, 0.1) is 10.1 Å². The van der Waals surface area contributed by atoms with Gasteiger partial charge in [-0.3, -0.25) is 19.7 Å². The van der Waals surface area contributed by atoms with Crippen molar-refractivity contribution >= 4 is 28.0 Å². The van der Waals surface area contributed by atoms with Crippen molar-refractivity contribution in [2.75, 3.05) is 6.54 Å². The first-order chi connectivity index (χ1) is 11.1. The average Bonchev–Trinajstić information content (AvgIpc) is 3.13. The van der Waals surface area contributed by atoms with Crippen molar-refractivity contribution in [2.45, 2.75) is 25.2 Å². The van der Waals surface area contributed by atoms with E-state index in [-0.39, 0.29) is 16.7 Å². The van der Waals surface area contributed by atoms with E-state index in [1.165, 1.54) is 6.07 Å². The third-order valence-corrected chi connectivity index (χ3v) is 5.52. The van der Waals surface area contributed by atoms with Crippen LogP contribution in [-0.2, 0) is 9.59 Å². The number of hydrogen-bond acceptors (Lipinski definition) is 6. The molecule has 8 heteroatoms. The van der Waals surface area contributed by atoms with Crippen LogP contribution in [0.3, 0.4) is 0 Å². The molecule has 3 heterocycles. The largest absolute Gasteiger partial charge is 0.361 e. The number of carbonyl (C=O) groups is 2. The van der Waals surface area contributed by atoms with Crippen LogP contribution < -0.4 is 10.6 Å². The van der Waals surface area contributed by atoms with Gasteiger partial charge in [-0.25, -0.2) is 0 Å². The van der Waals surface area contributed by atoms with Gasteiger partial charge in [-0.05, 0) is 12.5 Å². The second-order valence-electron chi connectivity index (χ2n) is 5.70. The monoisotopic (exact) mass is 331 g/mol. The molecule has 0 spiro atoms. The molecule has 0 fully saturated rings. The Kier molecular flexibility index (Phi) is 3.08. The van der Waals surface area contributed by atoms with E-state index in [0.717, 1.165) is 22.7 Å². The van der Waals surface area contributed by atoms with Crippen LogP contribution in [-0.4, -0.2) is 23.2 Å². The molecule has 3 aliphatic rings. The van der Waals surface area contributed by atoms with Gasteiger partial charge in [0.1, 0.15) is 0 Å². The minimum Gasteiger partial charge on any atom is -0.361 e. The van der Waals surface area contributed by atoms with Crippen molar-refractivity contribution in [1.29, 1.82) is 0 Å². The minimum absolute atomic E-state index is 0.0125. The van der Waals surface area contributed by atoms with Gasteiger partial charge < -0.3 is 10.6 Å². The second kappa shape index (κ2) is 5.02. The summed E-state index contributed by atoms with van der Waals surface area (Å²) in [5.74, 6) is -0.681. The molecule has 0 bridgehead atoms. The van der Waals surface area contributed by atoms with Gasteiger partial charge in [0.2, 0.25) is 5.91 Å². The van der Waals surface area contributed by atoms with E-state index in [1.807, 2.05) is 0 Å². The Morgan fingerprint density at radius 3 is 2.65 bits per heavy atom.